The number of Topliss-reactive ketones (excluding diaryl/α,β-unsaturated/α-hetero) is 1. The summed E-state index contributed by atoms with van der Waals surface area (Å²) in [5, 5.41) is 7.79. The summed E-state index contributed by atoms with van der Waals surface area (Å²) in [6, 6.07) is 21.8. The molecule has 2 atom stereocenters. The lowest BCUT2D eigenvalue weighted by Crippen LogP contribution is -2.56. The topological polar surface area (TPSA) is 108 Å². The summed E-state index contributed by atoms with van der Waals surface area (Å²) in [5.41, 5.74) is 2.67. The van der Waals surface area contributed by atoms with Crippen LogP contribution in [0.2, 0.25) is 0 Å². The molecule has 1 aliphatic rings. The number of fused-ring (bicyclic) bond motifs is 2. The van der Waals surface area contributed by atoms with Gasteiger partial charge in [0.15, 0.2) is 5.78 Å². The van der Waals surface area contributed by atoms with Crippen LogP contribution in [-0.2, 0) is 16.1 Å². The van der Waals surface area contributed by atoms with Gasteiger partial charge in [-0.1, -0.05) is 59.3 Å². The number of nitrogens with zero attached hydrogens (tertiary/aromatic N) is 2. The Morgan fingerprint density at radius 3 is 2.28 bits per heavy atom. The second kappa shape index (κ2) is 14.9. The third kappa shape index (κ3) is 6.94. The summed E-state index contributed by atoms with van der Waals surface area (Å²) in [6.07, 6.45) is 0.515. The minimum absolute atomic E-state index is 0. The number of nitrogens with one attached hydrogen (secondary N) is 2. The highest BCUT2D eigenvalue weighted by molar-refractivity contribution is 9.10. The van der Waals surface area contributed by atoms with Crippen molar-refractivity contribution in [3.8, 4) is 5.75 Å². The maximum absolute atomic E-state index is 14.5. The van der Waals surface area contributed by atoms with E-state index in [0.717, 1.165) is 20.8 Å². The normalized spacial score (nSPS) is 15.0. The van der Waals surface area contributed by atoms with Crippen molar-refractivity contribution < 1.29 is 23.9 Å². The number of hydrogen-bond donors (Lipinski definition) is 2. The smallest absolute Gasteiger partial charge is 0.258 e. The molecule has 2 N–H and O–H groups in total. The standard InChI is InChI=1S/C35H35BrN4O5.ClH/c1-5-28(37-3)33(42)38-29-20-40(34(43)23-12-10-22(11-13-23)21(2)41)31-9-7-6-8-30(31)39(35(29)44)19-27-26-16-15-25(36)18-24(26)14-17-32(27)45-4;/h6-18,28-29,37H,5,19-20H2,1-4H3,(H,38,42);1H/t28-,29-;/m0./s1. The van der Waals surface area contributed by atoms with E-state index in [-0.39, 0.29) is 49.0 Å². The number of rotatable bonds is 9. The number of amides is 3. The van der Waals surface area contributed by atoms with Crippen LogP contribution in [0.3, 0.4) is 0 Å². The minimum Gasteiger partial charge on any atom is -0.496 e. The molecule has 46 heavy (non-hydrogen) atoms. The third-order valence-electron chi connectivity index (χ3n) is 8.15. The van der Waals surface area contributed by atoms with Crippen molar-refractivity contribution in [1.82, 2.24) is 10.6 Å². The van der Waals surface area contributed by atoms with E-state index in [9.17, 15) is 19.2 Å². The second-order valence-corrected chi connectivity index (χ2v) is 11.8. The van der Waals surface area contributed by atoms with E-state index < -0.39 is 12.1 Å². The fourth-order valence-corrected chi connectivity index (χ4v) is 6.08. The average Bonchev–Trinajstić information content (AvgIpc) is 3.15. The van der Waals surface area contributed by atoms with Crippen LogP contribution in [0.25, 0.3) is 10.8 Å². The molecular weight excluding hydrogens is 672 g/mol. The Hall–Kier alpha value is -4.25. The molecule has 0 saturated heterocycles. The van der Waals surface area contributed by atoms with Gasteiger partial charge in [0.05, 0.1) is 37.6 Å². The molecular formula is C35H36BrClN4O5. The highest BCUT2D eigenvalue weighted by atomic mass is 79.9. The monoisotopic (exact) mass is 706 g/mol. The predicted molar refractivity (Wildman–Crippen MR) is 186 cm³/mol. The Morgan fingerprint density at radius 2 is 1.65 bits per heavy atom. The quantitative estimate of drug-likeness (QED) is 0.210. The molecule has 11 heteroatoms. The Bertz CT molecular complexity index is 1780. The number of benzene rings is 4. The Balaban J connectivity index is 0.00000480. The van der Waals surface area contributed by atoms with Gasteiger partial charge in [0.2, 0.25) is 5.91 Å². The molecule has 0 fully saturated rings. The first-order chi connectivity index (χ1) is 21.7. The lowest BCUT2D eigenvalue weighted by atomic mass is 10.0. The van der Waals surface area contributed by atoms with E-state index in [4.69, 9.17) is 4.74 Å². The molecule has 4 aromatic carbocycles. The van der Waals surface area contributed by atoms with Crippen LogP contribution in [0.5, 0.6) is 5.75 Å². The highest BCUT2D eigenvalue weighted by Crippen LogP contribution is 2.38. The molecule has 0 unspecified atom stereocenters. The van der Waals surface area contributed by atoms with E-state index in [1.807, 2.05) is 49.4 Å². The molecule has 4 aromatic rings. The van der Waals surface area contributed by atoms with Gasteiger partial charge in [-0.25, -0.2) is 0 Å². The van der Waals surface area contributed by atoms with Gasteiger partial charge in [-0.2, -0.15) is 0 Å². The first-order valence-electron chi connectivity index (χ1n) is 14.7. The van der Waals surface area contributed by atoms with Gasteiger partial charge in [0, 0.05) is 21.2 Å². The number of hydrogen-bond acceptors (Lipinski definition) is 6. The third-order valence-corrected chi connectivity index (χ3v) is 8.65. The van der Waals surface area contributed by atoms with E-state index >= 15 is 0 Å². The zero-order valence-corrected chi connectivity index (χ0v) is 28.4. The van der Waals surface area contributed by atoms with Crippen LogP contribution in [0.15, 0.2) is 83.3 Å². The SMILES string of the molecule is CC[C@H](NC)C(=O)N[C@H]1CN(C(=O)c2ccc(C(C)=O)cc2)c2ccccc2N(Cc2c(OC)ccc3cc(Br)ccc23)C1=O.Cl. The summed E-state index contributed by atoms with van der Waals surface area (Å²) < 4.78 is 6.68. The highest BCUT2D eigenvalue weighted by Gasteiger charge is 2.38. The summed E-state index contributed by atoms with van der Waals surface area (Å²) in [5.74, 6) is -0.557. The van der Waals surface area contributed by atoms with Crippen molar-refractivity contribution in [1.29, 1.82) is 0 Å². The zero-order chi connectivity index (χ0) is 32.2. The van der Waals surface area contributed by atoms with Crippen LogP contribution >= 0.6 is 28.3 Å². The number of ketones is 1. The molecule has 0 radical (unpaired) electrons. The maximum atomic E-state index is 14.5. The van der Waals surface area contributed by atoms with Gasteiger partial charge in [-0.05, 0) is 73.6 Å². The lowest BCUT2D eigenvalue weighted by molar-refractivity contribution is -0.128. The van der Waals surface area contributed by atoms with Gasteiger partial charge in [0.1, 0.15) is 11.8 Å². The first kappa shape index (κ1) is 34.6. The Morgan fingerprint density at radius 1 is 0.978 bits per heavy atom. The van der Waals surface area contributed by atoms with Crippen molar-refractivity contribution in [2.24, 2.45) is 0 Å². The van der Waals surface area contributed by atoms with Crippen molar-refractivity contribution in [3.63, 3.8) is 0 Å². The van der Waals surface area contributed by atoms with E-state index in [0.29, 0.717) is 34.7 Å². The second-order valence-electron chi connectivity index (χ2n) is 10.9. The number of carbonyl (C=O) groups excluding carboxylic acids is 4. The van der Waals surface area contributed by atoms with Crippen LogP contribution in [0.1, 0.15) is 46.5 Å². The molecule has 1 aliphatic heterocycles. The van der Waals surface area contributed by atoms with E-state index in [2.05, 4.69) is 26.6 Å². The minimum atomic E-state index is -1.05. The van der Waals surface area contributed by atoms with Gasteiger partial charge in [-0.3, -0.25) is 19.2 Å². The van der Waals surface area contributed by atoms with Crippen LogP contribution in [0.4, 0.5) is 11.4 Å². The number of anilines is 2. The fraction of sp³-hybridized carbons (Fsp3) is 0.257. The lowest BCUT2D eigenvalue weighted by Gasteiger charge is -2.27. The summed E-state index contributed by atoms with van der Waals surface area (Å²) >= 11 is 3.54. The fourth-order valence-electron chi connectivity index (χ4n) is 5.70. The largest absolute Gasteiger partial charge is 0.496 e. The summed E-state index contributed by atoms with van der Waals surface area (Å²) in [7, 11) is 3.28. The van der Waals surface area contributed by atoms with Crippen LogP contribution < -0.4 is 25.2 Å². The van der Waals surface area contributed by atoms with Gasteiger partial charge >= 0.3 is 0 Å². The molecule has 3 amide bonds. The average molecular weight is 708 g/mol. The molecule has 0 aliphatic carbocycles. The number of halogens is 2. The molecule has 0 bridgehead atoms. The number of ether oxygens (including phenoxy) is 1. The number of para-hydroxylation sites is 2. The van der Waals surface area contributed by atoms with Crippen molar-refractivity contribution in [2.45, 2.75) is 38.9 Å². The molecule has 9 nitrogen and oxygen atoms in total. The number of carbonyl (C=O) groups is 4. The Labute approximate surface area is 282 Å². The zero-order valence-electron chi connectivity index (χ0n) is 26.0. The number of likely N-dealkylation sites (N-methyl/N-ethyl adjacent to an activating group) is 1. The van der Waals surface area contributed by atoms with E-state index in [1.165, 1.54) is 11.8 Å². The van der Waals surface area contributed by atoms with Crippen molar-refractivity contribution in [2.75, 3.05) is 30.5 Å². The summed E-state index contributed by atoms with van der Waals surface area (Å²) in [4.78, 5) is 57.0. The molecule has 0 aromatic heterocycles. The van der Waals surface area contributed by atoms with Gasteiger partial charge in [-0.15, -0.1) is 12.4 Å². The maximum Gasteiger partial charge on any atom is 0.258 e. The van der Waals surface area contributed by atoms with E-state index in [1.54, 1.807) is 55.5 Å². The molecule has 1 heterocycles. The molecule has 0 saturated carbocycles. The summed E-state index contributed by atoms with van der Waals surface area (Å²) in [6.45, 7) is 3.38. The van der Waals surface area contributed by atoms with Gasteiger partial charge in [0.25, 0.3) is 11.8 Å². The van der Waals surface area contributed by atoms with Crippen LogP contribution in [0, 0.1) is 0 Å². The predicted octanol–water partition coefficient (Wildman–Crippen LogP) is 5.91. The van der Waals surface area contributed by atoms with Crippen molar-refractivity contribution in [3.05, 3.63) is 100 Å². The first-order valence-corrected chi connectivity index (χ1v) is 15.5. The Kier molecular flexibility index (Phi) is 11.2. The molecule has 5 rings (SSSR count). The molecule has 240 valence electrons. The van der Waals surface area contributed by atoms with Gasteiger partial charge < -0.3 is 25.2 Å². The van der Waals surface area contributed by atoms with Crippen LogP contribution in [-0.4, -0.2) is 56.3 Å². The van der Waals surface area contributed by atoms with Crippen molar-refractivity contribution >= 4 is 74.0 Å². The molecule has 0 spiro atoms. The number of methoxy groups -OCH3 is 1.